The number of carbonyl (C=O) groups is 2. The number of thioether (sulfide) groups is 1. The summed E-state index contributed by atoms with van der Waals surface area (Å²) in [6, 6.07) is -0.382. The second-order valence-corrected chi connectivity index (χ2v) is 6.04. The minimum absolute atomic E-state index is 0.0886. The largest absolute Gasteiger partial charge is 0.481 e. The predicted octanol–water partition coefficient (Wildman–Crippen LogP) is 2.23. The molecule has 1 aliphatic carbocycles. The van der Waals surface area contributed by atoms with Crippen molar-refractivity contribution in [3.05, 3.63) is 16.9 Å². The van der Waals surface area contributed by atoms with Crippen molar-refractivity contribution >= 4 is 35.2 Å². The van der Waals surface area contributed by atoms with Gasteiger partial charge in [-0.15, -0.1) is 0 Å². The van der Waals surface area contributed by atoms with Crippen molar-refractivity contribution in [3.63, 3.8) is 0 Å². The molecule has 8 heteroatoms. The van der Waals surface area contributed by atoms with E-state index >= 15 is 0 Å². The normalized spacial score (nSPS) is 21.8. The zero-order valence-electron chi connectivity index (χ0n) is 11.5. The van der Waals surface area contributed by atoms with Crippen LogP contribution in [0, 0.1) is 5.92 Å². The molecule has 21 heavy (non-hydrogen) atoms. The third-order valence-corrected chi connectivity index (χ3v) is 4.36. The Morgan fingerprint density at radius 1 is 1.43 bits per heavy atom. The lowest BCUT2D eigenvalue weighted by Crippen LogP contribution is -2.45. The van der Waals surface area contributed by atoms with Crippen molar-refractivity contribution in [2.45, 2.75) is 36.9 Å². The Morgan fingerprint density at radius 2 is 2.14 bits per heavy atom. The van der Waals surface area contributed by atoms with Crippen molar-refractivity contribution in [1.82, 2.24) is 15.3 Å². The van der Waals surface area contributed by atoms with E-state index in [4.69, 9.17) is 11.6 Å². The second kappa shape index (κ2) is 7.09. The molecule has 114 valence electrons. The van der Waals surface area contributed by atoms with E-state index < -0.39 is 17.8 Å². The number of halogens is 1. The molecule has 0 radical (unpaired) electrons. The van der Waals surface area contributed by atoms with Gasteiger partial charge in [0, 0.05) is 6.04 Å². The third kappa shape index (κ3) is 3.85. The smallest absolute Gasteiger partial charge is 0.308 e. The number of rotatable bonds is 4. The van der Waals surface area contributed by atoms with Crippen LogP contribution in [0.25, 0.3) is 0 Å². The quantitative estimate of drug-likeness (QED) is 0.650. The maximum Gasteiger partial charge on any atom is 0.308 e. The highest BCUT2D eigenvalue weighted by atomic mass is 35.5. The SMILES string of the molecule is CSc1ncc(Cl)c(C(=O)NC2CCCCC2C(=O)O)n1. The molecule has 2 atom stereocenters. The number of carbonyl (C=O) groups excluding carboxylic acids is 1. The zero-order chi connectivity index (χ0) is 15.4. The molecule has 6 nitrogen and oxygen atoms in total. The van der Waals surface area contributed by atoms with Crippen LogP contribution in [-0.4, -0.2) is 39.2 Å². The van der Waals surface area contributed by atoms with Crippen LogP contribution >= 0.6 is 23.4 Å². The van der Waals surface area contributed by atoms with Gasteiger partial charge >= 0.3 is 5.97 Å². The lowest BCUT2D eigenvalue weighted by atomic mass is 9.84. The van der Waals surface area contributed by atoms with Gasteiger partial charge in [0.2, 0.25) is 0 Å². The first-order chi connectivity index (χ1) is 10.0. The van der Waals surface area contributed by atoms with Crippen molar-refractivity contribution in [1.29, 1.82) is 0 Å². The van der Waals surface area contributed by atoms with Gasteiger partial charge < -0.3 is 10.4 Å². The molecule has 2 unspecified atom stereocenters. The number of hydrogen-bond donors (Lipinski definition) is 2. The molecule has 0 spiro atoms. The van der Waals surface area contributed by atoms with Crippen molar-refractivity contribution in [2.24, 2.45) is 5.92 Å². The van der Waals surface area contributed by atoms with E-state index in [-0.39, 0.29) is 16.8 Å². The summed E-state index contributed by atoms with van der Waals surface area (Å²) in [5, 5.41) is 12.6. The number of hydrogen-bond acceptors (Lipinski definition) is 5. The van der Waals surface area contributed by atoms with Crippen LogP contribution in [0.1, 0.15) is 36.2 Å². The second-order valence-electron chi connectivity index (χ2n) is 4.86. The molecule has 0 aromatic carbocycles. The van der Waals surface area contributed by atoms with Gasteiger partial charge in [-0.25, -0.2) is 9.97 Å². The average molecular weight is 330 g/mol. The van der Waals surface area contributed by atoms with Crippen LogP contribution in [0.3, 0.4) is 0 Å². The molecule has 1 aliphatic rings. The van der Waals surface area contributed by atoms with Crippen LogP contribution in [0.4, 0.5) is 0 Å². The Balaban J connectivity index is 2.15. The highest BCUT2D eigenvalue weighted by molar-refractivity contribution is 7.98. The van der Waals surface area contributed by atoms with E-state index in [0.29, 0.717) is 18.0 Å². The maximum atomic E-state index is 12.3. The van der Waals surface area contributed by atoms with Crippen LogP contribution in [0.5, 0.6) is 0 Å². The van der Waals surface area contributed by atoms with Gasteiger partial charge in [-0.1, -0.05) is 36.2 Å². The maximum absolute atomic E-state index is 12.3. The zero-order valence-corrected chi connectivity index (χ0v) is 13.1. The Labute approximate surface area is 131 Å². The molecular formula is C13H16ClN3O3S. The summed E-state index contributed by atoms with van der Waals surface area (Å²) in [5.41, 5.74) is 0.0886. The summed E-state index contributed by atoms with van der Waals surface area (Å²) in [7, 11) is 0. The predicted molar refractivity (Wildman–Crippen MR) is 79.7 cm³/mol. The fraction of sp³-hybridized carbons (Fsp3) is 0.538. The van der Waals surface area contributed by atoms with E-state index in [1.807, 2.05) is 0 Å². The fourth-order valence-electron chi connectivity index (χ4n) is 2.44. The van der Waals surface area contributed by atoms with Crippen LogP contribution in [-0.2, 0) is 4.79 Å². The Bertz CT molecular complexity index is 555. The van der Waals surface area contributed by atoms with E-state index in [1.54, 1.807) is 6.26 Å². The van der Waals surface area contributed by atoms with Crippen molar-refractivity contribution in [2.75, 3.05) is 6.26 Å². The van der Waals surface area contributed by atoms with E-state index in [9.17, 15) is 14.7 Å². The van der Waals surface area contributed by atoms with E-state index in [1.165, 1.54) is 18.0 Å². The molecule has 2 rings (SSSR count). The Morgan fingerprint density at radius 3 is 2.81 bits per heavy atom. The molecule has 1 fully saturated rings. The van der Waals surface area contributed by atoms with Gasteiger partial charge in [0.15, 0.2) is 10.9 Å². The van der Waals surface area contributed by atoms with Gasteiger partial charge in [-0.3, -0.25) is 9.59 Å². The number of amides is 1. The van der Waals surface area contributed by atoms with Gasteiger partial charge in [0.05, 0.1) is 17.1 Å². The fourth-order valence-corrected chi connectivity index (χ4v) is 2.96. The minimum Gasteiger partial charge on any atom is -0.481 e. The molecule has 0 saturated heterocycles. The Hall–Kier alpha value is -1.34. The molecule has 0 aliphatic heterocycles. The minimum atomic E-state index is -0.876. The van der Waals surface area contributed by atoms with Gasteiger partial charge in [0.25, 0.3) is 5.91 Å². The molecule has 0 bridgehead atoms. The van der Waals surface area contributed by atoms with Gasteiger partial charge in [-0.2, -0.15) is 0 Å². The van der Waals surface area contributed by atoms with Crippen molar-refractivity contribution < 1.29 is 14.7 Å². The monoisotopic (exact) mass is 329 g/mol. The summed E-state index contributed by atoms with van der Waals surface area (Å²) >= 11 is 7.26. The van der Waals surface area contributed by atoms with Crippen molar-refractivity contribution in [3.8, 4) is 0 Å². The lowest BCUT2D eigenvalue weighted by Gasteiger charge is -2.29. The summed E-state index contributed by atoms with van der Waals surface area (Å²) in [6.07, 6.45) is 6.18. The standard InChI is InChI=1S/C13H16ClN3O3S/c1-21-13-15-6-8(14)10(17-13)11(18)16-9-5-3-2-4-7(9)12(19)20/h6-7,9H,2-5H2,1H3,(H,16,18)(H,19,20). The molecule has 2 N–H and O–H groups in total. The van der Waals surface area contributed by atoms with Gasteiger partial charge in [-0.05, 0) is 19.1 Å². The number of carboxylic acid groups (broad SMARTS) is 1. The molecule has 1 saturated carbocycles. The highest BCUT2D eigenvalue weighted by Gasteiger charge is 2.32. The Kier molecular flexibility index (Phi) is 5.41. The summed E-state index contributed by atoms with van der Waals surface area (Å²) in [6.45, 7) is 0. The van der Waals surface area contributed by atoms with Gasteiger partial charge in [0.1, 0.15) is 0 Å². The van der Waals surface area contributed by atoms with Crippen LogP contribution in [0.2, 0.25) is 5.02 Å². The molecule has 1 heterocycles. The van der Waals surface area contributed by atoms with Crippen LogP contribution < -0.4 is 5.32 Å². The third-order valence-electron chi connectivity index (χ3n) is 3.52. The van der Waals surface area contributed by atoms with E-state index in [2.05, 4.69) is 15.3 Å². The molecule has 1 aromatic rings. The molecule has 1 amide bonds. The van der Waals surface area contributed by atoms with E-state index in [0.717, 1.165) is 12.8 Å². The summed E-state index contributed by atoms with van der Waals surface area (Å²) in [5.74, 6) is -1.88. The number of aliphatic carboxylic acids is 1. The topological polar surface area (TPSA) is 92.2 Å². The first kappa shape index (κ1) is 16.0. The summed E-state index contributed by atoms with van der Waals surface area (Å²) < 4.78 is 0. The molecular weight excluding hydrogens is 314 g/mol. The molecule has 1 aromatic heterocycles. The number of carboxylic acids is 1. The number of nitrogens with one attached hydrogen (secondary N) is 1. The first-order valence-electron chi connectivity index (χ1n) is 6.63. The van der Waals surface area contributed by atoms with Crippen LogP contribution in [0.15, 0.2) is 11.4 Å². The highest BCUT2D eigenvalue weighted by Crippen LogP contribution is 2.25. The number of nitrogens with zero attached hydrogens (tertiary/aromatic N) is 2. The lowest BCUT2D eigenvalue weighted by molar-refractivity contribution is -0.143. The average Bonchev–Trinajstić information content (AvgIpc) is 2.48. The first-order valence-corrected chi connectivity index (χ1v) is 8.23. The number of aromatic nitrogens is 2. The summed E-state index contributed by atoms with van der Waals surface area (Å²) in [4.78, 5) is 31.6.